The van der Waals surface area contributed by atoms with Gasteiger partial charge in [0.15, 0.2) is 0 Å². The number of rotatable bonds is 1. The van der Waals surface area contributed by atoms with Crippen LogP contribution in [0, 0.1) is 3.57 Å². The lowest BCUT2D eigenvalue weighted by Gasteiger charge is -2.21. The van der Waals surface area contributed by atoms with Gasteiger partial charge in [0.1, 0.15) is 0 Å². The van der Waals surface area contributed by atoms with Crippen molar-refractivity contribution in [3.05, 3.63) is 81.4 Å². The lowest BCUT2D eigenvalue weighted by molar-refractivity contribution is 0.660. The van der Waals surface area contributed by atoms with E-state index in [1.807, 2.05) is 0 Å². The second-order valence-electron chi connectivity index (χ2n) is 6.41. The van der Waals surface area contributed by atoms with Gasteiger partial charge in [-0.15, -0.1) is 0 Å². The monoisotopic (exact) mass is 396 g/mol. The molecule has 0 aromatic heterocycles. The van der Waals surface area contributed by atoms with E-state index in [0.717, 1.165) is 0 Å². The van der Waals surface area contributed by atoms with Crippen molar-refractivity contribution >= 4 is 22.6 Å². The maximum atomic E-state index is 2.39. The first kappa shape index (κ1) is 14.0. The molecule has 0 N–H and O–H groups in total. The molecule has 0 bridgehead atoms. The number of hydrogen-bond donors (Lipinski definition) is 0. The summed E-state index contributed by atoms with van der Waals surface area (Å²) in [6.45, 7) is 4.66. The van der Waals surface area contributed by atoms with Crippen LogP contribution in [0.1, 0.15) is 25.0 Å². The first-order chi connectivity index (χ1) is 10.6. The average Bonchev–Trinajstić information content (AvgIpc) is 2.76. The van der Waals surface area contributed by atoms with Gasteiger partial charge in [-0.1, -0.05) is 68.4 Å². The summed E-state index contributed by atoms with van der Waals surface area (Å²) in [7, 11) is 0. The molecule has 1 aliphatic carbocycles. The van der Waals surface area contributed by atoms with Crippen LogP contribution in [0.3, 0.4) is 0 Å². The Labute approximate surface area is 145 Å². The quantitative estimate of drug-likeness (QED) is 0.426. The van der Waals surface area contributed by atoms with Gasteiger partial charge >= 0.3 is 0 Å². The highest BCUT2D eigenvalue weighted by Crippen LogP contribution is 2.51. The molecule has 4 rings (SSSR count). The highest BCUT2D eigenvalue weighted by Gasteiger charge is 2.36. The first-order valence-electron chi connectivity index (χ1n) is 7.58. The van der Waals surface area contributed by atoms with Crippen molar-refractivity contribution in [1.29, 1.82) is 0 Å². The van der Waals surface area contributed by atoms with E-state index >= 15 is 0 Å². The topological polar surface area (TPSA) is 0 Å². The van der Waals surface area contributed by atoms with Crippen LogP contribution in [0.5, 0.6) is 0 Å². The lowest BCUT2D eigenvalue weighted by Crippen LogP contribution is -2.14. The molecule has 0 aliphatic heterocycles. The zero-order chi connectivity index (χ0) is 15.3. The fraction of sp³-hybridized carbons (Fsp3) is 0.143. The van der Waals surface area contributed by atoms with Crippen molar-refractivity contribution in [1.82, 2.24) is 0 Å². The van der Waals surface area contributed by atoms with Gasteiger partial charge in [-0.3, -0.25) is 0 Å². The van der Waals surface area contributed by atoms with E-state index < -0.39 is 0 Å². The van der Waals surface area contributed by atoms with Crippen molar-refractivity contribution in [2.75, 3.05) is 0 Å². The summed E-state index contributed by atoms with van der Waals surface area (Å²) in [4.78, 5) is 0. The summed E-state index contributed by atoms with van der Waals surface area (Å²) in [5.41, 5.74) is 8.38. The van der Waals surface area contributed by atoms with Gasteiger partial charge in [-0.05, 0) is 68.1 Å². The summed E-state index contributed by atoms with van der Waals surface area (Å²) in [5, 5.41) is 0. The van der Waals surface area contributed by atoms with Crippen LogP contribution in [0.2, 0.25) is 0 Å². The van der Waals surface area contributed by atoms with E-state index in [9.17, 15) is 0 Å². The SMILES string of the molecule is CC1(C)c2ccccc2-c2c(-c3cccc(I)c3)cccc21. The van der Waals surface area contributed by atoms with Crippen molar-refractivity contribution < 1.29 is 0 Å². The third-order valence-corrected chi connectivity index (χ3v) is 5.41. The molecule has 0 saturated carbocycles. The summed E-state index contributed by atoms with van der Waals surface area (Å²) in [6, 6.07) is 24.3. The van der Waals surface area contributed by atoms with Gasteiger partial charge in [0.05, 0.1) is 0 Å². The molecule has 3 aromatic carbocycles. The predicted molar refractivity (Wildman–Crippen MR) is 102 cm³/mol. The Morgan fingerprint density at radius 1 is 0.727 bits per heavy atom. The Morgan fingerprint density at radius 3 is 2.23 bits per heavy atom. The maximum absolute atomic E-state index is 2.39. The molecule has 3 aromatic rings. The fourth-order valence-electron chi connectivity index (χ4n) is 3.65. The summed E-state index contributed by atoms with van der Waals surface area (Å²) in [6.07, 6.45) is 0. The molecule has 0 spiro atoms. The van der Waals surface area contributed by atoms with Crippen LogP contribution in [0.4, 0.5) is 0 Å². The minimum absolute atomic E-state index is 0.0733. The summed E-state index contributed by atoms with van der Waals surface area (Å²) >= 11 is 2.39. The van der Waals surface area contributed by atoms with E-state index in [-0.39, 0.29) is 5.41 Å². The normalized spacial score (nSPS) is 14.5. The van der Waals surface area contributed by atoms with Crippen molar-refractivity contribution in [2.24, 2.45) is 0 Å². The fourth-order valence-corrected chi connectivity index (χ4v) is 4.19. The van der Waals surface area contributed by atoms with Crippen LogP contribution < -0.4 is 0 Å². The predicted octanol–water partition coefficient (Wildman–Crippen LogP) is 6.26. The van der Waals surface area contributed by atoms with Gasteiger partial charge in [-0.25, -0.2) is 0 Å². The second-order valence-corrected chi connectivity index (χ2v) is 7.65. The Balaban J connectivity index is 2.07. The van der Waals surface area contributed by atoms with E-state index in [1.54, 1.807) is 0 Å². The molecule has 0 fully saturated rings. The molecule has 0 unspecified atom stereocenters. The number of benzene rings is 3. The van der Waals surface area contributed by atoms with Crippen molar-refractivity contribution in [3.63, 3.8) is 0 Å². The Kier molecular flexibility index (Phi) is 3.15. The summed E-state index contributed by atoms with van der Waals surface area (Å²) in [5.74, 6) is 0. The van der Waals surface area contributed by atoms with E-state index in [1.165, 1.54) is 37.0 Å². The Hall–Kier alpha value is -1.61. The first-order valence-corrected chi connectivity index (χ1v) is 8.66. The molecule has 0 radical (unpaired) electrons. The molecule has 1 heteroatoms. The third kappa shape index (κ3) is 1.95. The standard InChI is InChI=1S/C21H17I/c1-21(2)18-11-4-3-9-17(18)20-16(10-6-12-19(20)21)14-7-5-8-15(22)13-14/h3-13H,1-2H3. The second kappa shape index (κ2) is 4.95. The smallest absolute Gasteiger partial charge is 0.0159 e. The Bertz CT molecular complexity index is 875. The molecule has 0 heterocycles. The van der Waals surface area contributed by atoms with Gasteiger partial charge in [0.25, 0.3) is 0 Å². The maximum Gasteiger partial charge on any atom is 0.0159 e. The van der Waals surface area contributed by atoms with Crippen LogP contribution >= 0.6 is 22.6 Å². The van der Waals surface area contributed by atoms with Gasteiger partial charge in [0.2, 0.25) is 0 Å². The van der Waals surface area contributed by atoms with Crippen LogP contribution in [0.15, 0.2) is 66.7 Å². The number of halogens is 1. The molecule has 1 aliphatic rings. The van der Waals surface area contributed by atoms with Crippen LogP contribution in [-0.2, 0) is 5.41 Å². The minimum Gasteiger partial charge on any atom is -0.0619 e. The minimum atomic E-state index is 0.0733. The lowest BCUT2D eigenvalue weighted by atomic mass is 9.82. The average molecular weight is 396 g/mol. The number of hydrogen-bond acceptors (Lipinski definition) is 0. The molecular weight excluding hydrogens is 379 g/mol. The third-order valence-electron chi connectivity index (χ3n) is 4.74. The van der Waals surface area contributed by atoms with Gasteiger partial charge in [-0.2, -0.15) is 0 Å². The molecule has 22 heavy (non-hydrogen) atoms. The van der Waals surface area contributed by atoms with Crippen LogP contribution in [-0.4, -0.2) is 0 Å². The molecule has 0 amide bonds. The molecule has 0 nitrogen and oxygen atoms in total. The van der Waals surface area contributed by atoms with E-state index in [0.29, 0.717) is 0 Å². The molecule has 0 saturated heterocycles. The van der Waals surface area contributed by atoms with Crippen molar-refractivity contribution in [2.45, 2.75) is 19.3 Å². The van der Waals surface area contributed by atoms with Crippen molar-refractivity contribution in [3.8, 4) is 22.3 Å². The number of fused-ring (bicyclic) bond motifs is 3. The largest absolute Gasteiger partial charge is 0.0619 e. The molecule has 0 atom stereocenters. The Morgan fingerprint density at radius 2 is 1.41 bits per heavy atom. The van der Waals surface area contributed by atoms with E-state index in [2.05, 4.69) is 103 Å². The highest BCUT2D eigenvalue weighted by atomic mass is 127. The van der Waals surface area contributed by atoms with Gasteiger partial charge in [0, 0.05) is 8.99 Å². The molecule has 108 valence electrons. The zero-order valence-electron chi connectivity index (χ0n) is 12.7. The van der Waals surface area contributed by atoms with Gasteiger partial charge < -0.3 is 0 Å². The zero-order valence-corrected chi connectivity index (χ0v) is 14.9. The molecular formula is C21H17I. The van der Waals surface area contributed by atoms with Crippen LogP contribution in [0.25, 0.3) is 22.3 Å². The summed E-state index contributed by atoms with van der Waals surface area (Å²) < 4.78 is 1.28. The van der Waals surface area contributed by atoms with E-state index in [4.69, 9.17) is 0 Å². The highest BCUT2D eigenvalue weighted by molar-refractivity contribution is 14.1.